The minimum atomic E-state index is -1.01. The van der Waals surface area contributed by atoms with Gasteiger partial charge in [-0.3, -0.25) is 14.4 Å². The van der Waals surface area contributed by atoms with Crippen LogP contribution >= 0.6 is 0 Å². The van der Waals surface area contributed by atoms with Crippen molar-refractivity contribution >= 4 is 17.8 Å². The predicted octanol–water partition coefficient (Wildman–Crippen LogP) is 4.50. The topological polar surface area (TPSA) is 95.5 Å². The van der Waals surface area contributed by atoms with E-state index >= 15 is 0 Å². The summed E-state index contributed by atoms with van der Waals surface area (Å²) in [5, 5.41) is 15.0. The first-order valence-corrected chi connectivity index (χ1v) is 11.0. The third-order valence-electron chi connectivity index (χ3n) is 5.27. The van der Waals surface area contributed by atoms with Crippen molar-refractivity contribution < 1.29 is 19.5 Å². The zero-order valence-electron chi connectivity index (χ0n) is 19.5. The van der Waals surface area contributed by atoms with E-state index in [2.05, 4.69) is 24.5 Å². The van der Waals surface area contributed by atoms with E-state index in [1.165, 1.54) is 6.92 Å². The highest BCUT2D eigenvalue weighted by atomic mass is 16.4. The molecule has 0 aliphatic rings. The quantitative estimate of drug-likeness (QED) is 0.509. The normalized spacial score (nSPS) is 13.3. The highest BCUT2D eigenvalue weighted by Gasteiger charge is 2.30. The van der Waals surface area contributed by atoms with Crippen LogP contribution in [0.1, 0.15) is 57.8 Å². The number of benzene rings is 2. The molecule has 0 aliphatic heterocycles. The van der Waals surface area contributed by atoms with Crippen molar-refractivity contribution in [1.29, 1.82) is 0 Å². The maximum atomic E-state index is 13.0. The van der Waals surface area contributed by atoms with Gasteiger partial charge in [-0.15, -0.1) is 0 Å². The minimum Gasteiger partial charge on any atom is -0.481 e. The molecule has 0 heterocycles. The Morgan fingerprint density at radius 3 is 2.00 bits per heavy atom. The van der Waals surface area contributed by atoms with Crippen LogP contribution in [0.15, 0.2) is 54.6 Å². The fourth-order valence-corrected chi connectivity index (χ4v) is 3.86. The van der Waals surface area contributed by atoms with Gasteiger partial charge in [0.1, 0.15) is 6.04 Å². The summed E-state index contributed by atoms with van der Waals surface area (Å²) in [6, 6.07) is 16.0. The second kappa shape index (κ2) is 10.9. The van der Waals surface area contributed by atoms with Crippen LogP contribution in [0.25, 0.3) is 11.1 Å². The summed E-state index contributed by atoms with van der Waals surface area (Å²) in [7, 11) is 0. The molecule has 2 atom stereocenters. The van der Waals surface area contributed by atoms with Crippen LogP contribution in [0.2, 0.25) is 0 Å². The summed E-state index contributed by atoms with van der Waals surface area (Å²) < 4.78 is 0. The smallest absolute Gasteiger partial charge is 0.306 e. The van der Waals surface area contributed by atoms with Gasteiger partial charge in [-0.1, -0.05) is 63.2 Å². The molecule has 0 bridgehead atoms. The molecule has 0 fully saturated rings. The first-order chi connectivity index (χ1) is 15.0. The molecule has 0 aromatic heterocycles. The van der Waals surface area contributed by atoms with Crippen molar-refractivity contribution in [3.8, 4) is 11.1 Å². The number of carboxylic acid groups (broad SMARTS) is 1. The average molecular weight is 439 g/mol. The molecule has 0 spiro atoms. The van der Waals surface area contributed by atoms with Crippen LogP contribution in [0.3, 0.4) is 0 Å². The monoisotopic (exact) mass is 438 g/mol. The van der Waals surface area contributed by atoms with E-state index in [4.69, 9.17) is 0 Å². The van der Waals surface area contributed by atoms with Gasteiger partial charge in [-0.25, -0.2) is 0 Å². The molecular formula is C26H34N2O4. The van der Waals surface area contributed by atoms with Crippen LogP contribution in [0.4, 0.5) is 0 Å². The minimum absolute atomic E-state index is 0.00671. The van der Waals surface area contributed by atoms with Gasteiger partial charge in [0.05, 0.1) is 5.92 Å². The molecule has 0 saturated carbocycles. The van der Waals surface area contributed by atoms with Crippen LogP contribution in [0.5, 0.6) is 0 Å². The molecule has 32 heavy (non-hydrogen) atoms. The molecule has 6 nitrogen and oxygen atoms in total. The number of hydrogen-bond acceptors (Lipinski definition) is 3. The Morgan fingerprint density at radius 2 is 1.47 bits per heavy atom. The Kier molecular flexibility index (Phi) is 8.58. The lowest BCUT2D eigenvalue weighted by atomic mass is 9.91. The third-order valence-corrected chi connectivity index (χ3v) is 5.27. The molecular weight excluding hydrogens is 404 g/mol. The van der Waals surface area contributed by atoms with Crippen LogP contribution in [-0.2, 0) is 9.59 Å². The standard InChI is InChI=1S/C26H34N2O4/c1-17(2)16-26(4,5)28-24(30)22(15-18(3)25(31)32)27-23(29)21-13-11-20(12-14-21)19-9-7-6-8-10-19/h6-14,17-18,22H,15-16H2,1-5H3,(H,27,29)(H,28,30)(H,31,32)/t18?,22-/m0/s1. The summed E-state index contributed by atoms with van der Waals surface area (Å²) >= 11 is 0. The molecule has 0 aliphatic carbocycles. The van der Waals surface area contributed by atoms with Gasteiger partial charge in [-0.2, -0.15) is 0 Å². The van der Waals surface area contributed by atoms with Crippen molar-refractivity contribution in [2.75, 3.05) is 0 Å². The Labute approximate surface area is 190 Å². The Morgan fingerprint density at radius 1 is 0.906 bits per heavy atom. The van der Waals surface area contributed by atoms with E-state index < -0.39 is 29.4 Å². The maximum Gasteiger partial charge on any atom is 0.306 e. The average Bonchev–Trinajstić information content (AvgIpc) is 2.72. The van der Waals surface area contributed by atoms with Gasteiger partial charge in [0.2, 0.25) is 5.91 Å². The summed E-state index contributed by atoms with van der Waals surface area (Å²) in [6.45, 7) is 9.51. The highest BCUT2D eigenvalue weighted by molar-refractivity contribution is 5.98. The van der Waals surface area contributed by atoms with Gasteiger partial charge in [-0.05, 0) is 55.9 Å². The van der Waals surface area contributed by atoms with E-state index in [9.17, 15) is 19.5 Å². The molecule has 172 valence electrons. The van der Waals surface area contributed by atoms with E-state index in [0.717, 1.165) is 17.5 Å². The molecule has 2 rings (SSSR count). The van der Waals surface area contributed by atoms with E-state index in [-0.39, 0.29) is 12.3 Å². The van der Waals surface area contributed by atoms with E-state index in [0.29, 0.717) is 11.5 Å². The predicted molar refractivity (Wildman–Crippen MR) is 126 cm³/mol. The molecule has 2 aromatic carbocycles. The zero-order chi connectivity index (χ0) is 23.9. The van der Waals surface area contributed by atoms with Gasteiger partial charge in [0.25, 0.3) is 5.91 Å². The van der Waals surface area contributed by atoms with Crippen LogP contribution < -0.4 is 10.6 Å². The lowest BCUT2D eigenvalue weighted by molar-refractivity contribution is -0.141. The number of carbonyl (C=O) groups is 3. The fourth-order valence-electron chi connectivity index (χ4n) is 3.86. The fraction of sp³-hybridized carbons (Fsp3) is 0.423. The number of rotatable bonds is 10. The third kappa shape index (κ3) is 7.52. The van der Waals surface area contributed by atoms with Crippen LogP contribution in [-0.4, -0.2) is 34.5 Å². The van der Waals surface area contributed by atoms with Gasteiger partial charge in [0, 0.05) is 11.1 Å². The number of aliphatic carboxylic acids is 1. The SMILES string of the molecule is CC(C)CC(C)(C)NC(=O)[C@H](CC(C)C(=O)O)NC(=O)c1ccc(-c2ccccc2)cc1. The number of nitrogens with one attached hydrogen (secondary N) is 2. The largest absolute Gasteiger partial charge is 0.481 e. The van der Waals surface area contributed by atoms with Gasteiger partial charge >= 0.3 is 5.97 Å². The lowest BCUT2D eigenvalue weighted by Crippen LogP contribution is -2.54. The molecule has 1 unspecified atom stereocenters. The molecule has 3 N–H and O–H groups in total. The zero-order valence-corrected chi connectivity index (χ0v) is 19.5. The van der Waals surface area contributed by atoms with Crippen molar-refractivity contribution in [2.24, 2.45) is 11.8 Å². The molecule has 6 heteroatoms. The van der Waals surface area contributed by atoms with Crippen molar-refractivity contribution in [3.05, 3.63) is 60.2 Å². The molecule has 2 amide bonds. The highest BCUT2D eigenvalue weighted by Crippen LogP contribution is 2.20. The molecule has 2 aromatic rings. The summed E-state index contributed by atoms with van der Waals surface area (Å²) in [4.78, 5) is 37.2. The number of carboxylic acids is 1. The second-order valence-electron chi connectivity index (χ2n) is 9.42. The van der Waals surface area contributed by atoms with E-state index in [1.807, 2.05) is 56.3 Å². The number of carbonyl (C=O) groups excluding carboxylic acids is 2. The van der Waals surface area contributed by atoms with Gasteiger partial charge in [0.15, 0.2) is 0 Å². The Balaban J connectivity index is 2.16. The van der Waals surface area contributed by atoms with Crippen molar-refractivity contribution in [2.45, 2.75) is 59.0 Å². The number of hydrogen-bond donors (Lipinski definition) is 3. The summed E-state index contributed by atoms with van der Waals surface area (Å²) in [6.07, 6.45) is 0.765. The molecule has 0 radical (unpaired) electrons. The second-order valence-corrected chi connectivity index (χ2v) is 9.42. The maximum absolute atomic E-state index is 13.0. The summed E-state index contributed by atoms with van der Waals surface area (Å²) in [5.74, 6) is -2.20. The van der Waals surface area contributed by atoms with Crippen molar-refractivity contribution in [1.82, 2.24) is 10.6 Å². The van der Waals surface area contributed by atoms with E-state index in [1.54, 1.807) is 12.1 Å². The summed E-state index contributed by atoms with van der Waals surface area (Å²) in [5.41, 5.74) is 1.95. The number of amides is 2. The van der Waals surface area contributed by atoms with Crippen LogP contribution in [0, 0.1) is 11.8 Å². The first kappa shape index (κ1) is 25.1. The van der Waals surface area contributed by atoms with Crippen molar-refractivity contribution in [3.63, 3.8) is 0 Å². The molecule has 0 saturated heterocycles. The Hall–Kier alpha value is -3.15. The lowest BCUT2D eigenvalue weighted by Gasteiger charge is -2.31. The first-order valence-electron chi connectivity index (χ1n) is 11.0. The van der Waals surface area contributed by atoms with Gasteiger partial charge < -0.3 is 15.7 Å². The Bertz CT molecular complexity index is 921.